The van der Waals surface area contributed by atoms with Crippen molar-refractivity contribution in [2.45, 2.75) is 44.7 Å². The van der Waals surface area contributed by atoms with E-state index in [1.165, 1.54) is 24.8 Å². The zero-order valence-corrected chi connectivity index (χ0v) is 12.2. The predicted octanol–water partition coefficient (Wildman–Crippen LogP) is 3.07. The van der Waals surface area contributed by atoms with Crippen LogP contribution in [0.1, 0.15) is 43.8 Å². The lowest BCUT2D eigenvalue weighted by atomic mass is 9.93. The van der Waals surface area contributed by atoms with E-state index in [0.717, 1.165) is 18.5 Å². The van der Waals surface area contributed by atoms with E-state index in [2.05, 4.69) is 11.2 Å². The molecule has 0 aliphatic heterocycles. The number of methoxy groups -OCH3 is 1. The minimum Gasteiger partial charge on any atom is -0.383 e. The predicted molar refractivity (Wildman–Crippen MR) is 77.2 cm³/mol. The second kappa shape index (κ2) is 7.08. The molecular weight excluding hydrogens is 262 g/mol. The standard InChI is InChI=1S/C14H22ClN3O/c1-19-8-7-18-14(12(15)10-17-18)13(16)9-11-5-3-2-4-6-11/h5,10,13H,2-4,6-9,16H2,1H3. The molecule has 1 heterocycles. The number of hydrogen-bond donors (Lipinski definition) is 1. The molecule has 1 atom stereocenters. The van der Waals surface area contributed by atoms with Crippen LogP contribution in [-0.2, 0) is 11.3 Å². The second-order valence-corrected chi connectivity index (χ2v) is 5.42. The first-order valence-corrected chi connectivity index (χ1v) is 7.23. The van der Waals surface area contributed by atoms with Crippen molar-refractivity contribution < 1.29 is 4.74 Å². The Morgan fingerprint density at radius 3 is 3.05 bits per heavy atom. The molecule has 0 aromatic carbocycles. The van der Waals surface area contributed by atoms with E-state index in [1.54, 1.807) is 13.3 Å². The molecule has 1 aromatic heterocycles. The first-order chi connectivity index (χ1) is 9.22. The Labute approximate surface area is 119 Å². The van der Waals surface area contributed by atoms with Gasteiger partial charge in [0.15, 0.2) is 0 Å². The van der Waals surface area contributed by atoms with Crippen LogP contribution in [0.5, 0.6) is 0 Å². The number of nitrogens with zero attached hydrogens (tertiary/aromatic N) is 2. The van der Waals surface area contributed by atoms with Crippen molar-refractivity contribution in [1.29, 1.82) is 0 Å². The maximum atomic E-state index is 6.32. The quantitative estimate of drug-likeness (QED) is 0.816. The van der Waals surface area contributed by atoms with Crippen molar-refractivity contribution in [3.8, 4) is 0 Å². The monoisotopic (exact) mass is 283 g/mol. The molecule has 0 fully saturated rings. The third kappa shape index (κ3) is 3.81. The summed E-state index contributed by atoms with van der Waals surface area (Å²) in [6, 6.07) is -0.0868. The fraction of sp³-hybridized carbons (Fsp3) is 0.643. The highest BCUT2D eigenvalue weighted by Crippen LogP contribution is 2.29. The number of nitrogens with two attached hydrogens (primary N) is 1. The lowest BCUT2D eigenvalue weighted by Crippen LogP contribution is -2.19. The van der Waals surface area contributed by atoms with Gasteiger partial charge in [0.05, 0.1) is 36.1 Å². The Morgan fingerprint density at radius 1 is 1.53 bits per heavy atom. The Balaban J connectivity index is 2.06. The molecule has 1 unspecified atom stereocenters. The summed E-state index contributed by atoms with van der Waals surface area (Å²) in [5, 5.41) is 4.93. The van der Waals surface area contributed by atoms with Crippen LogP contribution in [-0.4, -0.2) is 23.5 Å². The molecule has 106 valence electrons. The molecule has 0 saturated carbocycles. The highest BCUT2D eigenvalue weighted by molar-refractivity contribution is 6.31. The summed E-state index contributed by atoms with van der Waals surface area (Å²) in [6.07, 6.45) is 9.78. The molecule has 1 aliphatic carbocycles. The first-order valence-electron chi connectivity index (χ1n) is 6.86. The topological polar surface area (TPSA) is 53.1 Å². The minimum absolute atomic E-state index is 0.0868. The summed E-state index contributed by atoms with van der Waals surface area (Å²) in [7, 11) is 1.68. The minimum atomic E-state index is -0.0868. The van der Waals surface area contributed by atoms with Gasteiger partial charge in [-0.1, -0.05) is 23.3 Å². The SMILES string of the molecule is COCCn1ncc(Cl)c1C(N)CC1=CCCCC1. The van der Waals surface area contributed by atoms with Crippen LogP contribution < -0.4 is 5.73 Å². The summed E-state index contributed by atoms with van der Waals surface area (Å²) < 4.78 is 6.94. The number of hydrogen-bond acceptors (Lipinski definition) is 3. The summed E-state index contributed by atoms with van der Waals surface area (Å²) >= 11 is 6.21. The molecule has 0 spiro atoms. The molecule has 2 rings (SSSR count). The summed E-state index contributed by atoms with van der Waals surface area (Å²) in [5.74, 6) is 0. The van der Waals surface area contributed by atoms with Gasteiger partial charge in [-0.3, -0.25) is 4.68 Å². The van der Waals surface area contributed by atoms with E-state index >= 15 is 0 Å². The van der Waals surface area contributed by atoms with Crippen molar-refractivity contribution in [2.24, 2.45) is 5.73 Å². The van der Waals surface area contributed by atoms with Crippen LogP contribution in [0.2, 0.25) is 5.02 Å². The van der Waals surface area contributed by atoms with Gasteiger partial charge in [-0.15, -0.1) is 0 Å². The number of halogens is 1. The average Bonchev–Trinajstić information content (AvgIpc) is 2.78. The van der Waals surface area contributed by atoms with Gasteiger partial charge in [-0.2, -0.15) is 5.10 Å². The van der Waals surface area contributed by atoms with Crippen molar-refractivity contribution >= 4 is 11.6 Å². The molecule has 0 saturated heterocycles. The molecule has 0 radical (unpaired) electrons. The summed E-state index contributed by atoms with van der Waals surface area (Å²) in [6.45, 7) is 1.30. The molecular formula is C14H22ClN3O. The zero-order chi connectivity index (χ0) is 13.7. The van der Waals surface area contributed by atoms with Gasteiger partial charge in [-0.25, -0.2) is 0 Å². The number of allylic oxidation sites excluding steroid dienone is 1. The molecule has 19 heavy (non-hydrogen) atoms. The third-order valence-corrected chi connectivity index (χ3v) is 3.85. The highest BCUT2D eigenvalue weighted by atomic mass is 35.5. The smallest absolute Gasteiger partial charge is 0.0834 e. The number of ether oxygens (including phenoxy) is 1. The van der Waals surface area contributed by atoms with Crippen LogP contribution >= 0.6 is 11.6 Å². The van der Waals surface area contributed by atoms with Crippen molar-refractivity contribution in [3.05, 3.63) is 28.6 Å². The molecule has 0 amide bonds. The average molecular weight is 284 g/mol. The highest BCUT2D eigenvalue weighted by Gasteiger charge is 2.18. The van der Waals surface area contributed by atoms with Gasteiger partial charge >= 0.3 is 0 Å². The van der Waals surface area contributed by atoms with E-state index < -0.39 is 0 Å². The van der Waals surface area contributed by atoms with E-state index in [4.69, 9.17) is 22.1 Å². The van der Waals surface area contributed by atoms with Gasteiger partial charge in [-0.05, 0) is 32.1 Å². The van der Waals surface area contributed by atoms with Gasteiger partial charge in [0, 0.05) is 7.11 Å². The number of rotatable bonds is 6. The van der Waals surface area contributed by atoms with Crippen LogP contribution in [0.4, 0.5) is 0 Å². The third-order valence-electron chi connectivity index (χ3n) is 3.56. The van der Waals surface area contributed by atoms with E-state index in [1.807, 2.05) is 4.68 Å². The van der Waals surface area contributed by atoms with Crippen LogP contribution in [0, 0.1) is 0 Å². The maximum absolute atomic E-state index is 6.32. The summed E-state index contributed by atoms with van der Waals surface area (Å²) in [4.78, 5) is 0. The van der Waals surface area contributed by atoms with Gasteiger partial charge in [0.1, 0.15) is 0 Å². The maximum Gasteiger partial charge on any atom is 0.0834 e. The van der Waals surface area contributed by atoms with E-state index in [-0.39, 0.29) is 6.04 Å². The van der Waals surface area contributed by atoms with Crippen molar-refractivity contribution in [1.82, 2.24) is 9.78 Å². The van der Waals surface area contributed by atoms with Gasteiger partial charge in [0.2, 0.25) is 0 Å². The van der Waals surface area contributed by atoms with Crippen LogP contribution in [0.15, 0.2) is 17.8 Å². The normalized spacial score (nSPS) is 17.3. The molecule has 2 N–H and O–H groups in total. The summed E-state index contributed by atoms with van der Waals surface area (Å²) in [5.41, 5.74) is 8.69. The Kier molecular flexibility index (Phi) is 5.43. The largest absolute Gasteiger partial charge is 0.383 e. The lowest BCUT2D eigenvalue weighted by molar-refractivity contribution is 0.182. The van der Waals surface area contributed by atoms with E-state index in [0.29, 0.717) is 18.2 Å². The number of aromatic nitrogens is 2. The van der Waals surface area contributed by atoms with Crippen LogP contribution in [0.25, 0.3) is 0 Å². The van der Waals surface area contributed by atoms with Crippen molar-refractivity contribution in [2.75, 3.05) is 13.7 Å². The fourth-order valence-corrected chi connectivity index (χ4v) is 2.85. The van der Waals surface area contributed by atoms with Crippen LogP contribution in [0.3, 0.4) is 0 Å². The molecule has 4 nitrogen and oxygen atoms in total. The first kappa shape index (κ1) is 14.6. The lowest BCUT2D eigenvalue weighted by Gasteiger charge is -2.19. The second-order valence-electron chi connectivity index (χ2n) is 5.01. The molecule has 1 aliphatic rings. The Hall–Kier alpha value is -0.840. The van der Waals surface area contributed by atoms with E-state index in [9.17, 15) is 0 Å². The Bertz CT molecular complexity index is 442. The molecule has 1 aromatic rings. The fourth-order valence-electron chi connectivity index (χ4n) is 2.57. The Morgan fingerprint density at radius 2 is 2.37 bits per heavy atom. The van der Waals surface area contributed by atoms with Gasteiger partial charge < -0.3 is 10.5 Å². The molecule has 5 heteroatoms. The van der Waals surface area contributed by atoms with Gasteiger partial charge in [0.25, 0.3) is 0 Å². The zero-order valence-electron chi connectivity index (χ0n) is 11.4. The van der Waals surface area contributed by atoms with Crippen molar-refractivity contribution in [3.63, 3.8) is 0 Å². The molecule has 0 bridgehead atoms.